The molecule has 0 saturated carbocycles. The van der Waals surface area contributed by atoms with E-state index in [2.05, 4.69) is 5.32 Å². The van der Waals surface area contributed by atoms with Crippen LogP contribution in [0.25, 0.3) is 0 Å². The summed E-state index contributed by atoms with van der Waals surface area (Å²) in [6, 6.07) is -1.37. The number of aliphatic hydroxyl groups excluding tert-OH is 9. The van der Waals surface area contributed by atoms with Crippen molar-refractivity contribution in [2.75, 3.05) is 19.8 Å². The Morgan fingerprint density at radius 3 is 1.76 bits per heavy atom. The number of carbonyl (C=O) groups excluding carboxylic acids is 1. The summed E-state index contributed by atoms with van der Waals surface area (Å²) in [5.74, 6) is -0.621. The minimum Gasteiger partial charge on any atom is -0.394 e. The summed E-state index contributed by atoms with van der Waals surface area (Å²) in [7, 11) is 0. The zero-order valence-electron chi connectivity index (χ0n) is 20.3. The lowest BCUT2D eigenvalue weighted by atomic mass is 9.93. The zero-order chi connectivity index (χ0) is 27.6. The van der Waals surface area contributed by atoms with Gasteiger partial charge in [0.05, 0.1) is 25.9 Å². The molecule has 0 aromatic carbocycles. The van der Waals surface area contributed by atoms with Crippen LogP contribution in [-0.2, 0) is 28.5 Å². The Balaban J connectivity index is 1.81. The van der Waals surface area contributed by atoms with Crippen LogP contribution in [0, 0.1) is 0 Å². The summed E-state index contributed by atoms with van der Waals surface area (Å²) in [4.78, 5) is 11.9. The van der Waals surface area contributed by atoms with Crippen molar-refractivity contribution in [3.63, 3.8) is 0 Å². The van der Waals surface area contributed by atoms with Crippen LogP contribution in [0.4, 0.5) is 0 Å². The molecule has 3 aliphatic heterocycles. The first-order valence-electron chi connectivity index (χ1n) is 11.9. The van der Waals surface area contributed by atoms with Crippen molar-refractivity contribution < 1.29 is 74.4 Å². The highest BCUT2D eigenvalue weighted by Crippen LogP contribution is 2.32. The van der Waals surface area contributed by atoms with Crippen LogP contribution in [0.3, 0.4) is 0 Å². The second-order valence-electron chi connectivity index (χ2n) is 9.38. The summed E-state index contributed by atoms with van der Waals surface area (Å²) in [5, 5.41) is 93.3. The molecule has 37 heavy (non-hydrogen) atoms. The van der Waals surface area contributed by atoms with Gasteiger partial charge < -0.3 is 75.0 Å². The number of nitrogens with one attached hydrogen (secondary N) is 1. The Kier molecular flexibility index (Phi) is 10.6. The molecule has 0 aromatic rings. The average molecular weight is 544 g/mol. The number of ether oxygens (including phenoxy) is 5. The molecule has 1 amide bonds. The number of amides is 1. The van der Waals surface area contributed by atoms with Gasteiger partial charge in [-0.05, 0) is 6.92 Å². The maximum absolute atomic E-state index is 11.9. The maximum atomic E-state index is 11.9. The first-order chi connectivity index (χ1) is 17.4. The molecule has 3 rings (SSSR count). The molecule has 0 radical (unpaired) electrons. The number of hydrogen-bond donors (Lipinski definition) is 10. The summed E-state index contributed by atoms with van der Waals surface area (Å²) in [6.07, 6.45) is -20.5. The third kappa shape index (κ3) is 6.39. The second-order valence-corrected chi connectivity index (χ2v) is 9.38. The lowest BCUT2D eigenvalue weighted by molar-refractivity contribution is -0.359. The Labute approximate surface area is 211 Å². The Bertz CT molecular complexity index is 745. The van der Waals surface area contributed by atoms with Gasteiger partial charge in [0.25, 0.3) is 0 Å². The molecular formula is C21H37NO15. The number of hydrogen-bond acceptors (Lipinski definition) is 15. The highest BCUT2D eigenvalue weighted by molar-refractivity contribution is 5.73. The molecule has 0 spiro atoms. The van der Waals surface area contributed by atoms with Crippen LogP contribution in [-0.4, -0.2) is 164 Å². The molecular weight excluding hydrogens is 506 g/mol. The Morgan fingerprint density at radius 2 is 1.19 bits per heavy atom. The molecule has 3 saturated heterocycles. The van der Waals surface area contributed by atoms with Gasteiger partial charge >= 0.3 is 0 Å². The van der Waals surface area contributed by atoms with Gasteiger partial charge in [0.15, 0.2) is 12.6 Å². The van der Waals surface area contributed by atoms with E-state index in [1.807, 2.05) is 0 Å². The molecule has 16 nitrogen and oxygen atoms in total. The highest BCUT2D eigenvalue weighted by atomic mass is 16.7. The summed E-state index contributed by atoms with van der Waals surface area (Å²) < 4.78 is 27.9. The summed E-state index contributed by atoms with van der Waals surface area (Å²) in [5.41, 5.74) is 0. The van der Waals surface area contributed by atoms with Crippen LogP contribution in [0.5, 0.6) is 0 Å². The van der Waals surface area contributed by atoms with Crippen molar-refractivity contribution in [3.8, 4) is 0 Å². The standard InChI is InChI=1S/C21H37NO15/c1-6-18(16(31)13(28)8(3-23)33-6)36-20-11(22-7(2)26)14(29)19(10(5-25)35-20)37-21-17(32)15(30)12(27)9(4-24)34-21/h6,8-21,23-25,27-32H,3-5H2,1-2H3,(H,22,26)/t6-,8?,9?,10?,11-,12-,13-,14?,15-,16-,17?,18-,19?,20?,21-/m0/s1. The molecule has 0 aliphatic carbocycles. The van der Waals surface area contributed by atoms with Crippen molar-refractivity contribution in [2.24, 2.45) is 0 Å². The van der Waals surface area contributed by atoms with E-state index in [0.717, 1.165) is 6.92 Å². The van der Waals surface area contributed by atoms with E-state index in [0.29, 0.717) is 0 Å². The number of aliphatic hydroxyl groups is 9. The van der Waals surface area contributed by atoms with Crippen molar-refractivity contribution in [2.45, 2.75) is 106 Å². The highest BCUT2D eigenvalue weighted by Gasteiger charge is 2.53. The van der Waals surface area contributed by atoms with Gasteiger partial charge in [-0.25, -0.2) is 0 Å². The molecule has 3 heterocycles. The quantitative estimate of drug-likeness (QED) is 0.137. The molecule has 3 fully saturated rings. The lowest BCUT2D eigenvalue weighted by Crippen LogP contribution is -2.69. The van der Waals surface area contributed by atoms with Crippen LogP contribution in [0.2, 0.25) is 0 Å². The minimum atomic E-state index is -1.81. The fourth-order valence-corrected chi connectivity index (χ4v) is 4.70. The van der Waals surface area contributed by atoms with E-state index < -0.39 is 118 Å². The third-order valence-electron chi connectivity index (χ3n) is 6.75. The first kappa shape index (κ1) is 30.5. The van der Waals surface area contributed by atoms with Gasteiger partial charge in [0.1, 0.15) is 73.2 Å². The van der Waals surface area contributed by atoms with E-state index in [1.165, 1.54) is 6.92 Å². The van der Waals surface area contributed by atoms with Gasteiger partial charge in [-0.2, -0.15) is 0 Å². The number of carbonyl (C=O) groups is 1. The fourth-order valence-electron chi connectivity index (χ4n) is 4.70. The predicted octanol–water partition coefficient (Wildman–Crippen LogP) is -6.36. The van der Waals surface area contributed by atoms with E-state index in [-0.39, 0.29) is 0 Å². The average Bonchev–Trinajstić information content (AvgIpc) is 2.86. The van der Waals surface area contributed by atoms with Gasteiger partial charge in [-0.3, -0.25) is 4.79 Å². The Hall–Kier alpha value is -1.09. The zero-order valence-corrected chi connectivity index (χ0v) is 20.3. The summed E-state index contributed by atoms with van der Waals surface area (Å²) >= 11 is 0. The van der Waals surface area contributed by atoms with Gasteiger partial charge in [0.2, 0.25) is 5.91 Å². The topological polar surface area (TPSA) is 257 Å². The predicted molar refractivity (Wildman–Crippen MR) is 116 cm³/mol. The molecule has 0 bridgehead atoms. The van der Waals surface area contributed by atoms with Crippen LogP contribution in [0.1, 0.15) is 13.8 Å². The van der Waals surface area contributed by atoms with Crippen LogP contribution >= 0.6 is 0 Å². The first-order valence-corrected chi connectivity index (χ1v) is 11.9. The van der Waals surface area contributed by atoms with E-state index >= 15 is 0 Å². The lowest BCUT2D eigenvalue weighted by Gasteiger charge is -2.49. The third-order valence-corrected chi connectivity index (χ3v) is 6.75. The molecule has 216 valence electrons. The fraction of sp³-hybridized carbons (Fsp3) is 0.952. The Morgan fingerprint density at radius 1 is 0.676 bits per heavy atom. The van der Waals surface area contributed by atoms with E-state index in [1.54, 1.807) is 0 Å². The SMILES string of the molecule is CC(=O)N[C@@H]1C(O[C@@H]2[C@@H](O)[C@@H](O)C(CO)O[C@H]2C)OC(CO)C(O[C@@H]2OC(CO)[C@H](O)[C@H](O)C2O)C1O. The second kappa shape index (κ2) is 12.8. The largest absolute Gasteiger partial charge is 0.394 e. The maximum Gasteiger partial charge on any atom is 0.217 e. The molecule has 16 heteroatoms. The number of rotatable bonds is 8. The van der Waals surface area contributed by atoms with Crippen molar-refractivity contribution in [1.29, 1.82) is 0 Å². The monoisotopic (exact) mass is 543 g/mol. The molecule has 7 unspecified atom stereocenters. The molecule has 15 atom stereocenters. The molecule has 0 aromatic heterocycles. The summed E-state index contributed by atoms with van der Waals surface area (Å²) in [6.45, 7) is 0.595. The smallest absolute Gasteiger partial charge is 0.217 e. The minimum absolute atomic E-state index is 0.563. The van der Waals surface area contributed by atoms with Crippen LogP contribution in [0.15, 0.2) is 0 Å². The van der Waals surface area contributed by atoms with E-state index in [4.69, 9.17) is 23.7 Å². The van der Waals surface area contributed by atoms with Gasteiger partial charge in [0, 0.05) is 6.92 Å². The van der Waals surface area contributed by atoms with Crippen molar-refractivity contribution in [3.05, 3.63) is 0 Å². The molecule has 10 N–H and O–H groups in total. The van der Waals surface area contributed by atoms with Gasteiger partial charge in [-0.15, -0.1) is 0 Å². The molecule has 3 aliphatic rings. The van der Waals surface area contributed by atoms with E-state index in [9.17, 15) is 50.8 Å². The van der Waals surface area contributed by atoms with Gasteiger partial charge in [-0.1, -0.05) is 0 Å². The van der Waals surface area contributed by atoms with Crippen molar-refractivity contribution in [1.82, 2.24) is 5.32 Å². The van der Waals surface area contributed by atoms with Crippen LogP contribution < -0.4 is 5.32 Å². The normalized spacial score (nSPS) is 49.0. The van der Waals surface area contributed by atoms with Crippen molar-refractivity contribution >= 4 is 5.91 Å².